The summed E-state index contributed by atoms with van der Waals surface area (Å²) >= 11 is 0. The van der Waals surface area contributed by atoms with Gasteiger partial charge in [-0.05, 0) is 13.0 Å². The van der Waals surface area contributed by atoms with Gasteiger partial charge in [-0.3, -0.25) is 5.32 Å². The predicted molar refractivity (Wildman–Crippen MR) is 95.2 cm³/mol. The van der Waals surface area contributed by atoms with Crippen LogP contribution in [0.2, 0.25) is 0 Å². The average Bonchev–Trinajstić information content (AvgIpc) is 2.99. The van der Waals surface area contributed by atoms with Crippen molar-refractivity contribution >= 4 is 11.2 Å². The molecule has 0 aliphatic carbocycles. The molecule has 0 saturated carbocycles. The Kier molecular flexibility index (Phi) is 8.62. The zero-order valence-electron chi connectivity index (χ0n) is 14.5. The molecule has 128 valence electrons. The molecule has 5 nitrogen and oxygen atoms in total. The second-order valence-corrected chi connectivity index (χ2v) is 6.29. The molecule has 2 aromatic rings. The lowest BCUT2D eigenvalue weighted by Gasteiger charge is -2.06. The third-order valence-corrected chi connectivity index (χ3v) is 4.27. The predicted octanol–water partition coefficient (Wildman–Crippen LogP) is 4.29. The highest BCUT2D eigenvalue weighted by molar-refractivity contribution is 5.68. The Morgan fingerprint density at radius 1 is 0.913 bits per heavy atom. The van der Waals surface area contributed by atoms with Crippen LogP contribution in [0.15, 0.2) is 18.9 Å². The first kappa shape index (κ1) is 17.9. The monoisotopic (exact) mass is 317 g/mol. The van der Waals surface area contributed by atoms with E-state index in [0.29, 0.717) is 0 Å². The smallest absolute Gasteiger partial charge is 0.164 e. The number of unbranched alkanes of at least 4 members (excludes halogenated alkanes) is 9. The maximum atomic E-state index is 4.29. The fourth-order valence-electron chi connectivity index (χ4n) is 2.87. The molecule has 23 heavy (non-hydrogen) atoms. The van der Waals surface area contributed by atoms with Gasteiger partial charge < -0.3 is 4.57 Å². The van der Waals surface area contributed by atoms with Crippen LogP contribution in [-0.4, -0.2) is 26.1 Å². The van der Waals surface area contributed by atoms with Crippen molar-refractivity contribution in [3.8, 4) is 0 Å². The van der Waals surface area contributed by atoms with Crippen LogP contribution in [0.25, 0.3) is 11.2 Å². The van der Waals surface area contributed by atoms with Crippen molar-refractivity contribution < 1.29 is 0 Å². The average molecular weight is 317 g/mol. The maximum absolute atomic E-state index is 4.29. The molecule has 2 rings (SSSR count). The Bertz CT molecular complexity index is 537. The number of fused-ring (bicyclic) bond motifs is 1. The van der Waals surface area contributed by atoms with E-state index >= 15 is 0 Å². The third-order valence-electron chi connectivity index (χ3n) is 4.27. The van der Waals surface area contributed by atoms with Gasteiger partial charge in [-0.1, -0.05) is 64.7 Å². The molecule has 2 heterocycles. The van der Waals surface area contributed by atoms with Gasteiger partial charge in [0.05, 0.1) is 19.2 Å². The van der Waals surface area contributed by atoms with Crippen LogP contribution in [0.4, 0.5) is 0 Å². The van der Waals surface area contributed by atoms with E-state index in [1.807, 2.05) is 10.9 Å². The first-order chi connectivity index (χ1) is 11.4. The van der Waals surface area contributed by atoms with E-state index in [9.17, 15) is 0 Å². The highest BCUT2D eigenvalue weighted by Gasteiger charge is 2.02. The van der Waals surface area contributed by atoms with Crippen molar-refractivity contribution in [3.63, 3.8) is 0 Å². The number of aromatic nitrogens is 4. The van der Waals surface area contributed by atoms with Crippen molar-refractivity contribution in [1.82, 2.24) is 24.8 Å². The van der Waals surface area contributed by atoms with Gasteiger partial charge in [-0.25, -0.2) is 15.0 Å². The Balaban J connectivity index is 1.44. The van der Waals surface area contributed by atoms with Crippen LogP contribution in [0.3, 0.4) is 0 Å². The van der Waals surface area contributed by atoms with Gasteiger partial charge in [-0.2, -0.15) is 0 Å². The second kappa shape index (κ2) is 11.1. The molecule has 1 N–H and O–H groups in total. The maximum Gasteiger partial charge on any atom is 0.164 e. The molecule has 0 aliphatic heterocycles. The summed E-state index contributed by atoms with van der Waals surface area (Å²) in [5.74, 6) is 0. The van der Waals surface area contributed by atoms with Crippen molar-refractivity contribution in [1.29, 1.82) is 0 Å². The Hall–Kier alpha value is -1.49. The number of imidazole rings is 1. The molecular weight excluding hydrogens is 286 g/mol. The number of hydrogen-bond donors (Lipinski definition) is 1. The first-order valence-electron chi connectivity index (χ1n) is 9.23. The molecule has 0 bridgehead atoms. The summed E-state index contributed by atoms with van der Waals surface area (Å²) in [5.41, 5.74) is 1.75. The lowest BCUT2D eigenvalue weighted by Crippen LogP contribution is -2.19. The summed E-state index contributed by atoms with van der Waals surface area (Å²) in [6.07, 6.45) is 18.9. The van der Waals surface area contributed by atoms with E-state index < -0.39 is 0 Å². The molecule has 0 aliphatic rings. The van der Waals surface area contributed by atoms with Crippen LogP contribution < -0.4 is 5.32 Å². The molecule has 0 fully saturated rings. The van der Waals surface area contributed by atoms with E-state index in [4.69, 9.17) is 0 Å². The summed E-state index contributed by atoms with van der Waals surface area (Å²) in [5, 5.41) is 3.47. The summed E-state index contributed by atoms with van der Waals surface area (Å²) in [6, 6.07) is 0. The van der Waals surface area contributed by atoms with Crippen molar-refractivity contribution in [3.05, 3.63) is 18.9 Å². The van der Waals surface area contributed by atoms with Gasteiger partial charge in [0.15, 0.2) is 5.65 Å². The van der Waals surface area contributed by atoms with Crippen LogP contribution in [0, 0.1) is 0 Å². The molecule has 0 amide bonds. The highest BCUT2D eigenvalue weighted by atomic mass is 15.2. The molecule has 0 radical (unpaired) electrons. The molecule has 0 unspecified atom stereocenters. The number of nitrogens with one attached hydrogen (secondary N) is 1. The van der Waals surface area contributed by atoms with Crippen molar-refractivity contribution in [2.45, 2.75) is 77.8 Å². The summed E-state index contributed by atoms with van der Waals surface area (Å²) in [6.45, 7) is 4.10. The standard InChI is InChI=1S/C18H31N5/c1-2-3-4-5-6-7-8-9-10-11-12-19-15-23-16-22-17-13-20-14-21-18(17)23/h13-14,16,19H,2-12,15H2,1H3. The van der Waals surface area contributed by atoms with E-state index in [2.05, 4.69) is 27.2 Å². The Labute approximate surface area is 139 Å². The topological polar surface area (TPSA) is 55.6 Å². The van der Waals surface area contributed by atoms with Crippen LogP contribution >= 0.6 is 0 Å². The number of hydrogen-bond acceptors (Lipinski definition) is 4. The summed E-state index contributed by atoms with van der Waals surface area (Å²) in [7, 11) is 0. The number of nitrogens with zero attached hydrogens (tertiary/aromatic N) is 4. The Morgan fingerprint density at radius 2 is 1.61 bits per heavy atom. The SMILES string of the molecule is CCCCCCCCCCCCNCn1cnc2cncnc21. The zero-order valence-corrected chi connectivity index (χ0v) is 14.5. The largest absolute Gasteiger partial charge is 0.302 e. The minimum atomic E-state index is 0.769. The van der Waals surface area contributed by atoms with Gasteiger partial charge >= 0.3 is 0 Å². The van der Waals surface area contributed by atoms with Gasteiger partial charge in [-0.15, -0.1) is 0 Å². The second-order valence-electron chi connectivity index (χ2n) is 6.29. The molecule has 0 spiro atoms. The van der Waals surface area contributed by atoms with Gasteiger partial charge in [0.2, 0.25) is 0 Å². The number of rotatable bonds is 13. The molecule has 2 aromatic heterocycles. The molecule has 5 heteroatoms. The van der Waals surface area contributed by atoms with Crippen molar-refractivity contribution in [2.24, 2.45) is 0 Å². The fourth-order valence-corrected chi connectivity index (χ4v) is 2.87. The van der Waals surface area contributed by atoms with Crippen LogP contribution in [0.1, 0.15) is 71.1 Å². The lowest BCUT2D eigenvalue weighted by atomic mass is 10.1. The third kappa shape index (κ3) is 6.65. The molecule has 0 atom stereocenters. The van der Waals surface area contributed by atoms with Crippen LogP contribution in [0.5, 0.6) is 0 Å². The zero-order chi connectivity index (χ0) is 16.2. The first-order valence-corrected chi connectivity index (χ1v) is 9.23. The highest BCUT2D eigenvalue weighted by Crippen LogP contribution is 2.10. The van der Waals surface area contributed by atoms with E-state index in [1.165, 1.54) is 64.2 Å². The minimum Gasteiger partial charge on any atom is -0.302 e. The Morgan fingerprint density at radius 3 is 2.35 bits per heavy atom. The summed E-state index contributed by atoms with van der Waals surface area (Å²) in [4.78, 5) is 12.5. The summed E-state index contributed by atoms with van der Waals surface area (Å²) < 4.78 is 2.04. The normalized spacial score (nSPS) is 11.3. The molecule has 0 aromatic carbocycles. The van der Waals surface area contributed by atoms with Gasteiger partial charge in [0.1, 0.15) is 11.8 Å². The van der Waals surface area contributed by atoms with Crippen LogP contribution in [-0.2, 0) is 6.67 Å². The van der Waals surface area contributed by atoms with E-state index in [0.717, 1.165) is 24.4 Å². The van der Waals surface area contributed by atoms with Gasteiger partial charge in [0.25, 0.3) is 0 Å². The molecular formula is C18H31N5. The fraction of sp³-hybridized carbons (Fsp3) is 0.722. The van der Waals surface area contributed by atoms with E-state index in [-0.39, 0.29) is 0 Å². The van der Waals surface area contributed by atoms with Gasteiger partial charge in [0, 0.05) is 0 Å². The molecule has 0 saturated heterocycles. The lowest BCUT2D eigenvalue weighted by molar-refractivity contribution is 0.516. The van der Waals surface area contributed by atoms with E-state index in [1.54, 1.807) is 12.5 Å². The van der Waals surface area contributed by atoms with Crippen molar-refractivity contribution in [2.75, 3.05) is 6.54 Å². The quantitative estimate of drug-likeness (QED) is 0.560. The minimum absolute atomic E-state index is 0.769.